The predicted molar refractivity (Wildman–Crippen MR) is 104 cm³/mol. The van der Waals surface area contributed by atoms with Crippen molar-refractivity contribution in [2.75, 3.05) is 5.32 Å². The molecule has 0 radical (unpaired) electrons. The Kier molecular flexibility index (Phi) is 4.70. The lowest BCUT2D eigenvalue weighted by Crippen LogP contribution is -2.14. The Morgan fingerprint density at radius 2 is 1.79 bits per heavy atom. The highest BCUT2D eigenvalue weighted by Gasteiger charge is 2.21. The van der Waals surface area contributed by atoms with Gasteiger partial charge in [0.05, 0.1) is 17.2 Å². The SMILES string of the molecule is O=C(Nc1ccc(F)c2c1nnn2Cc1ccccc1)c1ccccc1[N+](=O)[O-]. The number of nitrogens with zero attached hydrogens (tertiary/aromatic N) is 4. The van der Waals surface area contributed by atoms with Crippen molar-refractivity contribution in [3.63, 3.8) is 0 Å². The molecule has 0 spiro atoms. The van der Waals surface area contributed by atoms with Gasteiger partial charge < -0.3 is 5.32 Å². The predicted octanol–water partition coefficient (Wildman–Crippen LogP) is 3.78. The Bertz CT molecular complexity index is 1220. The van der Waals surface area contributed by atoms with Crippen molar-refractivity contribution in [3.8, 4) is 0 Å². The minimum atomic E-state index is -0.692. The van der Waals surface area contributed by atoms with Crippen molar-refractivity contribution in [3.05, 3.63) is 93.8 Å². The Labute approximate surface area is 163 Å². The van der Waals surface area contributed by atoms with Crippen LogP contribution < -0.4 is 5.32 Å². The third kappa shape index (κ3) is 3.53. The standard InChI is InChI=1S/C20H14FN5O3/c21-15-10-11-16(22-20(27)14-8-4-5-9-17(14)26(28)29)18-19(15)25(24-23-18)12-13-6-2-1-3-7-13/h1-11H,12H2,(H,22,27). The van der Waals surface area contributed by atoms with E-state index in [0.717, 1.165) is 5.56 Å². The summed E-state index contributed by atoms with van der Waals surface area (Å²) in [5.41, 5.74) is 0.988. The van der Waals surface area contributed by atoms with Gasteiger partial charge in [0.2, 0.25) is 0 Å². The smallest absolute Gasteiger partial charge is 0.282 e. The highest BCUT2D eigenvalue weighted by Crippen LogP contribution is 2.26. The molecule has 4 aromatic rings. The number of amides is 1. The second-order valence-electron chi connectivity index (χ2n) is 6.25. The number of anilines is 1. The Morgan fingerprint density at radius 3 is 2.55 bits per heavy atom. The summed E-state index contributed by atoms with van der Waals surface area (Å²) in [5, 5.41) is 21.7. The number of aromatic nitrogens is 3. The normalized spacial score (nSPS) is 10.8. The van der Waals surface area contributed by atoms with Crippen LogP contribution >= 0.6 is 0 Å². The number of carbonyl (C=O) groups excluding carboxylic acids is 1. The van der Waals surface area contributed by atoms with E-state index in [1.54, 1.807) is 0 Å². The number of halogens is 1. The maximum atomic E-state index is 14.5. The van der Waals surface area contributed by atoms with Gasteiger partial charge in [-0.05, 0) is 23.8 Å². The van der Waals surface area contributed by atoms with Crippen LogP contribution in [0.3, 0.4) is 0 Å². The third-order valence-electron chi connectivity index (χ3n) is 4.38. The van der Waals surface area contributed by atoms with Crippen LogP contribution in [-0.4, -0.2) is 25.8 Å². The molecule has 0 aliphatic carbocycles. The molecule has 0 saturated heterocycles. The molecule has 0 atom stereocenters. The van der Waals surface area contributed by atoms with Crippen molar-refractivity contribution in [2.24, 2.45) is 0 Å². The van der Waals surface area contributed by atoms with Crippen molar-refractivity contribution in [1.29, 1.82) is 0 Å². The molecule has 8 nitrogen and oxygen atoms in total. The molecule has 4 rings (SSSR count). The number of nitro groups is 1. The zero-order valence-corrected chi connectivity index (χ0v) is 14.9. The van der Waals surface area contributed by atoms with Crippen molar-refractivity contribution >= 4 is 28.3 Å². The van der Waals surface area contributed by atoms with E-state index < -0.39 is 16.6 Å². The second kappa shape index (κ2) is 7.47. The van der Waals surface area contributed by atoms with Gasteiger partial charge in [-0.15, -0.1) is 5.10 Å². The first-order valence-corrected chi connectivity index (χ1v) is 8.65. The number of nitrogens with one attached hydrogen (secondary N) is 1. The van der Waals surface area contributed by atoms with E-state index in [9.17, 15) is 19.3 Å². The molecule has 0 aliphatic rings. The quantitative estimate of drug-likeness (QED) is 0.412. The van der Waals surface area contributed by atoms with Crippen LogP contribution in [0, 0.1) is 15.9 Å². The number of fused-ring (bicyclic) bond motifs is 1. The van der Waals surface area contributed by atoms with Crippen LogP contribution in [0.5, 0.6) is 0 Å². The highest BCUT2D eigenvalue weighted by molar-refractivity contribution is 6.10. The molecule has 3 aromatic carbocycles. The fraction of sp³-hybridized carbons (Fsp3) is 0.0500. The van der Waals surface area contributed by atoms with Gasteiger partial charge in [-0.2, -0.15) is 0 Å². The highest BCUT2D eigenvalue weighted by atomic mass is 19.1. The second-order valence-corrected chi connectivity index (χ2v) is 6.25. The van der Waals surface area contributed by atoms with E-state index in [2.05, 4.69) is 15.6 Å². The summed E-state index contributed by atoms with van der Waals surface area (Å²) in [6.45, 7) is 0.301. The zero-order valence-electron chi connectivity index (χ0n) is 14.9. The largest absolute Gasteiger partial charge is 0.320 e. The van der Waals surface area contributed by atoms with E-state index in [4.69, 9.17) is 0 Å². The molecule has 144 valence electrons. The molecule has 1 heterocycles. The van der Waals surface area contributed by atoms with Crippen LogP contribution in [0.2, 0.25) is 0 Å². The van der Waals surface area contributed by atoms with Crippen LogP contribution in [-0.2, 0) is 6.54 Å². The van der Waals surface area contributed by atoms with Crippen LogP contribution in [0.1, 0.15) is 15.9 Å². The first-order valence-electron chi connectivity index (χ1n) is 8.65. The van der Waals surface area contributed by atoms with Gasteiger partial charge in [0.1, 0.15) is 16.6 Å². The molecule has 0 bridgehead atoms. The van der Waals surface area contributed by atoms with E-state index >= 15 is 0 Å². The number of para-hydroxylation sites is 1. The Balaban J connectivity index is 1.70. The fourth-order valence-corrected chi connectivity index (χ4v) is 3.03. The number of carbonyl (C=O) groups is 1. The van der Waals surface area contributed by atoms with Crippen molar-refractivity contribution in [1.82, 2.24) is 15.0 Å². The van der Waals surface area contributed by atoms with Crippen LogP contribution in [0.15, 0.2) is 66.7 Å². The first kappa shape index (κ1) is 18.2. The third-order valence-corrected chi connectivity index (χ3v) is 4.38. The number of hydrogen-bond donors (Lipinski definition) is 1. The van der Waals surface area contributed by atoms with Crippen molar-refractivity contribution < 1.29 is 14.1 Å². The monoisotopic (exact) mass is 391 g/mol. The summed E-state index contributed by atoms with van der Waals surface area (Å²) in [7, 11) is 0. The van der Waals surface area contributed by atoms with Crippen molar-refractivity contribution in [2.45, 2.75) is 6.54 Å². The minimum absolute atomic E-state index is 0.105. The summed E-state index contributed by atoms with van der Waals surface area (Å²) in [4.78, 5) is 23.1. The molecule has 0 unspecified atom stereocenters. The zero-order chi connectivity index (χ0) is 20.4. The number of nitro benzene ring substituents is 1. The average Bonchev–Trinajstić information content (AvgIpc) is 3.15. The molecule has 1 aromatic heterocycles. The maximum Gasteiger partial charge on any atom is 0.282 e. The molecular weight excluding hydrogens is 377 g/mol. The fourth-order valence-electron chi connectivity index (χ4n) is 3.03. The van der Waals surface area contributed by atoms with Gasteiger partial charge in [-0.25, -0.2) is 9.07 Å². The van der Waals surface area contributed by atoms with Gasteiger partial charge in [0.25, 0.3) is 11.6 Å². The van der Waals surface area contributed by atoms with Gasteiger partial charge in [0.15, 0.2) is 5.82 Å². The van der Waals surface area contributed by atoms with Crippen LogP contribution in [0.25, 0.3) is 11.0 Å². The summed E-state index contributed by atoms with van der Waals surface area (Å²) in [6, 6.07) is 17.5. The number of hydrogen-bond acceptors (Lipinski definition) is 5. The summed E-state index contributed by atoms with van der Waals surface area (Å²) < 4.78 is 15.9. The topological polar surface area (TPSA) is 103 Å². The van der Waals surface area contributed by atoms with Gasteiger partial charge in [0, 0.05) is 6.07 Å². The maximum absolute atomic E-state index is 14.5. The van der Waals surface area contributed by atoms with E-state index in [1.165, 1.54) is 41.1 Å². The number of rotatable bonds is 5. The van der Waals surface area contributed by atoms with Crippen LogP contribution in [0.4, 0.5) is 15.8 Å². The van der Waals surface area contributed by atoms with E-state index in [-0.39, 0.29) is 28.0 Å². The molecule has 1 amide bonds. The molecule has 9 heteroatoms. The average molecular weight is 391 g/mol. The Morgan fingerprint density at radius 1 is 1.07 bits per heavy atom. The molecule has 0 saturated carbocycles. The van der Waals surface area contributed by atoms with E-state index in [1.807, 2.05) is 30.3 Å². The lowest BCUT2D eigenvalue weighted by molar-refractivity contribution is -0.385. The molecular formula is C20H14FN5O3. The molecule has 29 heavy (non-hydrogen) atoms. The molecule has 0 aliphatic heterocycles. The lowest BCUT2D eigenvalue weighted by Gasteiger charge is -2.08. The Hall–Kier alpha value is -4.14. The summed E-state index contributed by atoms with van der Waals surface area (Å²) in [6.07, 6.45) is 0. The lowest BCUT2D eigenvalue weighted by atomic mass is 10.1. The summed E-state index contributed by atoms with van der Waals surface area (Å²) in [5.74, 6) is -1.23. The first-order chi connectivity index (χ1) is 14.0. The molecule has 1 N–H and O–H groups in total. The van der Waals surface area contributed by atoms with Gasteiger partial charge >= 0.3 is 0 Å². The van der Waals surface area contributed by atoms with Gasteiger partial charge in [-0.1, -0.05) is 47.7 Å². The van der Waals surface area contributed by atoms with E-state index in [0.29, 0.717) is 6.54 Å². The number of benzene rings is 3. The molecule has 0 fully saturated rings. The minimum Gasteiger partial charge on any atom is -0.320 e. The van der Waals surface area contributed by atoms with Gasteiger partial charge in [-0.3, -0.25) is 14.9 Å². The summed E-state index contributed by atoms with van der Waals surface area (Å²) >= 11 is 0.